The first kappa shape index (κ1) is 18.9. The third-order valence-corrected chi connectivity index (χ3v) is 4.80. The number of likely N-dealkylation sites (N-methyl/N-ethyl adjacent to an activating group) is 1. The molecule has 0 atom stereocenters. The van der Waals surface area contributed by atoms with E-state index in [0.29, 0.717) is 30.2 Å². The lowest BCUT2D eigenvalue weighted by molar-refractivity contribution is 0.315. The van der Waals surface area contributed by atoms with Crippen LogP contribution in [-0.2, 0) is 13.6 Å². The first-order chi connectivity index (χ1) is 13.0. The molecule has 2 heterocycles. The maximum absolute atomic E-state index is 12.5. The molecule has 8 nitrogen and oxygen atoms in total. The smallest absolute Gasteiger partial charge is 0.329 e. The van der Waals surface area contributed by atoms with E-state index in [1.54, 1.807) is 7.05 Å². The fourth-order valence-corrected chi connectivity index (χ4v) is 3.16. The minimum Gasteiger partial charge on any atom is -0.354 e. The maximum Gasteiger partial charge on any atom is 0.329 e. The highest BCUT2D eigenvalue weighted by molar-refractivity contribution is 5.74. The van der Waals surface area contributed by atoms with E-state index in [1.807, 2.05) is 34.9 Å². The predicted molar refractivity (Wildman–Crippen MR) is 107 cm³/mol. The van der Waals surface area contributed by atoms with Gasteiger partial charge in [0.25, 0.3) is 5.56 Å². The van der Waals surface area contributed by atoms with Gasteiger partial charge < -0.3 is 10.2 Å². The first-order valence-corrected chi connectivity index (χ1v) is 9.24. The molecule has 2 aromatic heterocycles. The van der Waals surface area contributed by atoms with Gasteiger partial charge in [0.1, 0.15) is 0 Å². The van der Waals surface area contributed by atoms with Gasteiger partial charge in [-0.2, -0.15) is 4.98 Å². The van der Waals surface area contributed by atoms with Gasteiger partial charge >= 0.3 is 5.69 Å². The number of hydrogen-bond donors (Lipinski definition) is 2. The van der Waals surface area contributed by atoms with Crippen LogP contribution < -0.4 is 16.6 Å². The van der Waals surface area contributed by atoms with Gasteiger partial charge in [-0.25, -0.2) is 4.79 Å². The lowest BCUT2D eigenvalue weighted by Gasteiger charge is -2.18. The second-order valence-corrected chi connectivity index (χ2v) is 6.45. The lowest BCUT2D eigenvalue weighted by atomic mass is 10.2. The summed E-state index contributed by atoms with van der Waals surface area (Å²) in [5.74, 6) is 0.590. The molecule has 0 spiro atoms. The lowest BCUT2D eigenvalue weighted by Crippen LogP contribution is -2.29. The SMILES string of the molecule is CCN(CC)CCNc1nc2c(c(=O)[nH]c(=O)n2C)n1Cc1ccccc1. The summed E-state index contributed by atoms with van der Waals surface area (Å²) < 4.78 is 3.21. The fraction of sp³-hybridized carbons (Fsp3) is 0.421. The van der Waals surface area contributed by atoms with Crippen molar-refractivity contribution in [3.63, 3.8) is 0 Å². The minimum absolute atomic E-state index is 0.380. The van der Waals surface area contributed by atoms with Crippen LogP contribution in [0.1, 0.15) is 19.4 Å². The summed E-state index contributed by atoms with van der Waals surface area (Å²) in [5.41, 5.74) is 0.938. The fourth-order valence-electron chi connectivity index (χ4n) is 3.16. The zero-order chi connectivity index (χ0) is 19.4. The number of benzene rings is 1. The Morgan fingerprint density at radius 2 is 1.85 bits per heavy atom. The highest BCUT2D eigenvalue weighted by Gasteiger charge is 2.17. The number of aromatic amines is 1. The molecule has 0 saturated carbocycles. The number of imidazole rings is 1. The van der Waals surface area contributed by atoms with Gasteiger partial charge in [-0.3, -0.25) is 18.9 Å². The quantitative estimate of drug-likeness (QED) is 0.623. The Morgan fingerprint density at radius 1 is 1.15 bits per heavy atom. The van der Waals surface area contributed by atoms with Crippen LogP contribution >= 0.6 is 0 Å². The Hall–Kier alpha value is -2.87. The molecule has 3 rings (SSSR count). The summed E-state index contributed by atoms with van der Waals surface area (Å²) in [6.07, 6.45) is 0. The van der Waals surface area contributed by atoms with Crippen molar-refractivity contribution in [1.82, 2.24) is 24.0 Å². The second kappa shape index (κ2) is 8.22. The molecule has 3 aromatic rings. The van der Waals surface area contributed by atoms with Crippen molar-refractivity contribution in [2.24, 2.45) is 7.05 Å². The monoisotopic (exact) mass is 370 g/mol. The third-order valence-electron chi connectivity index (χ3n) is 4.80. The summed E-state index contributed by atoms with van der Waals surface area (Å²) in [7, 11) is 1.61. The largest absolute Gasteiger partial charge is 0.354 e. The van der Waals surface area contributed by atoms with E-state index in [4.69, 9.17) is 0 Å². The van der Waals surface area contributed by atoms with Crippen molar-refractivity contribution in [1.29, 1.82) is 0 Å². The van der Waals surface area contributed by atoms with Crippen LogP contribution in [0, 0.1) is 0 Å². The summed E-state index contributed by atoms with van der Waals surface area (Å²) in [4.78, 5) is 33.7. The van der Waals surface area contributed by atoms with Crippen LogP contribution in [0.15, 0.2) is 39.9 Å². The maximum atomic E-state index is 12.5. The van der Waals surface area contributed by atoms with Crippen LogP contribution in [0.4, 0.5) is 5.95 Å². The van der Waals surface area contributed by atoms with E-state index in [2.05, 4.69) is 34.0 Å². The Kier molecular flexibility index (Phi) is 5.75. The third kappa shape index (κ3) is 3.95. The molecule has 8 heteroatoms. The van der Waals surface area contributed by atoms with Gasteiger partial charge in [0.2, 0.25) is 5.95 Å². The molecule has 0 aliphatic carbocycles. The zero-order valence-corrected chi connectivity index (χ0v) is 16.0. The van der Waals surface area contributed by atoms with Crippen molar-refractivity contribution in [3.05, 3.63) is 56.7 Å². The number of nitrogens with zero attached hydrogens (tertiary/aromatic N) is 4. The Balaban J connectivity index is 2.01. The molecule has 0 aliphatic rings. The molecule has 0 unspecified atom stereocenters. The van der Waals surface area contributed by atoms with Gasteiger partial charge in [-0.15, -0.1) is 0 Å². The van der Waals surface area contributed by atoms with Gasteiger partial charge in [0.05, 0.1) is 6.54 Å². The normalized spacial score (nSPS) is 11.4. The molecule has 0 amide bonds. The molecule has 144 valence electrons. The zero-order valence-electron chi connectivity index (χ0n) is 16.0. The first-order valence-electron chi connectivity index (χ1n) is 9.24. The van der Waals surface area contributed by atoms with Crippen molar-refractivity contribution >= 4 is 17.1 Å². The number of fused-ring (bicyclic) bond motifs is 1. The summed E-state index contributed by atoms with van der Waals surface area (Å²) in [6.45, 7) is 8.28. The molecule has 2 N–H and O–H groups in total. The van der Waals surface area contributed by atoms with Crippen LogP contribution in [0.25, 0.3) is 11.2 Å². The van der Waals surface area contributed by atoms with Gasteiger partial charge in [0, 0.05) is 20.1 Å². The summed E-state index contributed by atoms with van der Waals surface area (Å²) in [5, 5.41) is 3.34. The van der Waals surface area contributed by atoms with Crippen LogP contribution in [-0.4, -0.2) is 50.2 Å². The van der Waals surface area contributed by atoms with E-state index in [0.717, 1.165) is 25.2 Å². The molecule has 0 aliphatic heterocycles. The van der Waals surface area contributed by atoms with Crippen molar-refractivity contribution in [3.8, 4) is 0 Å². The van der Waals surface area contributed by atoms with Crippen molar-refractivity contribution < 1.29 is 0 Å². The van der Waals surface area contributed by atoms with Gasteiger partial charge in [-0.1, -0.05) is 44.2 Å². The topological polar surface area (TPSA) is 88.0 Å². The minimum atomic E-state index is -0.466. The van der Waals surface area contributed by atoms with Gasteiger partial charge in [-0.05, 0) is 18.7 Å². The molecule has 0 saturated heterocycles. The van der Waals surface area contributed by atoms with Gasteiger partial charge in [0.15, 0.2) is 11.2 Å². The van der Waals surface area contributed by atoms with Crippen LogP contribution in [0.2, 0.25) is 0 Å². The number of anilines is 1. The Labute approximate surface area is 157 Å². The average molecular weight is 370 g/mol. The highest BCUT2D eigenvalue weighted by Crippen LogP contribution is 2.17. The molecule has 1 aromatic carbocycles. The molecule has 0 fully saturated rings. The van der Waals surface area contributed by atoms with Crippen LogP contribution in [0.3, 0.4) is 0 Å². The molecular formula is C19H26N6O2. The molecule has 0 radical (unpaired) electrons. The van der Waals surface area contributed by atoms with Crippen molar-refractivity contribution in [2.75, 3.05) is 31.5 Å². The van der Waals surface area contributed by atoms with Crippen LogP contribution in [0.5, 0.6) is 0 Å². The molecule has 27 heavy (non-hydrogen) atoms. The Bertz CT molecular complexity index is 1010. The number of nitrogens with one attached hydrogen (secondary N) is 2. The molecular weight excluding hydrogens is 344 g/mol. The van der Waals surface area contributed by atoms with E-state index in [9.17, 15) is 9.59 Å². The number of aromatic nitrogens is 4. The average Bonchev–Trinajstić information content (AvgIpc) is 3.03. The predicted octanol–water partition coefficient (Wildman–Crippen LogP) is 1.23. The summed E-state index contributed by atoms with van der Waals surface area (Å²) in [6, 6.07) is 9.88. The number of hydrogen-bond acceptors (Lipinski definition) is 5. The van der Waals surface area contributed by atoms with E-state index in [1.165, 1.54) is 4.57 Å². The van der Waals surface area contributed by atoms with E-state index in [-0.39, 0.29) is 0 Å². The second-order valence-electron chi connectivity index (χ2n) is 6.45. The van der Waals surface area contributed by atoms with E-state index >= 15 is 0 Å². The number of aryl methyl sites for hydroxylation is 1. The number of rotatable bonds is 8. The highest BCUT2D eigenvalue weighted by atomic mass is 16.2. The Morgan fingerprint density at radius 3 is 2.52 bits per heavy atom. The number of H-pyrrole nitrogens is 1. The van der Waals surface area contributed by atoms with E-state index < -0.39 is 11.2 Å². The standard InChI is InChI=1S/C19H26N6O2/c1-4-24(5-2)12-11-20-18-21-16-15(17(26)22-19(27)23(16)3)25(18)13-14-9-7-6-8-10-14/h6-10H,4-5,11-13H2,1-3H3,(H,20,21)(H,22,26,27). The summed E-state index contributed by atoms with van der Waals surface area (Å²) >= 11 is 0. The molecule has 0 bridgehead atoms. The van der Waals surface area contributed by atoms with Crippen molar-refractivity contribution in [2.45, 2.75) is 20.4 Å².